The van der Waals surface area contributed by atoms with Crippen molar-refractivity contribution in [1.29, 1.82) is 0 Å². The molecule has 1 nitrogen and oxygen atoms in total. The summed E-state index contributed by atoms with van der Waals surface area (Å²) < 4.78 is 0. The lowest BCUT2D eigenvalue weighted by atomic mass is 9.78. The van der Waals surface area contributed by atoms with Gasteiger partial charge in [-0.25, -0.2) is 0 Å². The van der Waals surface area contributed by atoms with Crippen molar-refractivity contribution in [1.82, 2.24) is 0 Å². The summed E-state index contributed by atoms with van der Waals surface area (Å²) in [6.45, 7) is 5.38. The summed E-state index contributed by atoms with van der Waals surface area (Å²) in [5, 5.41) is 0. The van der Waals surface area contributed by atoms with Gasteiger partial charge in [-0.15, -0.1) is 0 Å². The maximum atomic E-state index is 5.49. The molecule has 0 amide bonds. The molecule has 0 bridgehead atoms. The van der Waals surface area contributed by atoms with Gasteiger partial charge in [0.2, 0.25) is 0 Å². The smallest absolute Gasteiger partial charge is 0.0109 e. The molecule has 11 heavy (non-hydrogen) atoms. The van der Waals surface area contributed by atoms with Gasteiger partial charge in [0.15, 0.2) is 0 Å². The Bertz CT molecular complexity index is 149. The quantitative estimate of drug-likeness (QED) is 0.575. The predicted molar refractivity (Wildman–Crippen MR) is 49.3 cm³/mol. The first-order chi connectivity index (χ1) is 5.25. The summed E-state index contributed by atoms with van der Waals surface area (Å²) in [6.07, 6.45) is 6.24. The lowest BCUT2D eigenvalue weighted by Gasteiger charge is -2.28. The van der Waals surface area contributed by atoms with Crippen molar-refractivity contribution in [3.05, 3.63) is 11.6 Å². The van der Waals surface area contributed by atoms with Crippen LogP contribution in [0.15, 0.2) is 11.6 Å². The van der Waals surface area contributed by atoms with Crippen LogP contribution in [0.25, 0.3) is 0 Å². The number of hydrogen-bond donors (Lipinski definition) is 1. The molecule has 0 spiro atoms. The zero-order valence-corrected chi connectivity index (χ0v) is 7.64. The highest BCUT2D eigenvalue weighted by Gasteiger charge is 2.20. The fraction of sp³-hybridized carbons (Fsp3) is 0.800. The van der Waals surface area contributed by atoms with Crippen LogP contribution in [0.4, 0.5) is 0 Å². The molecule has 0 heterocycles. The molecule has 1 aliphatic carbocycles. The highest BCUT2D eigenvalue weighted by Crippen LogP contribution is 2.33. The van der Waals surface area contributed by atoms with Gasteiger partial charge >= 0.3 is 0 Å². The van der Waals surface area contributed by atoms with Crippen LogP contribution >= 0.6 is 0 Å². The van der Waals surface area contributed by atoms with E-state index in [-0.39, 0.29) is 0 Å². The van der Waals surface area contributed by atoms with Crippen LogP contribution in [-0.2, 0) is 0 Å². The lowest BCUT2D eigenvalue weighted by Crippen LogP contribution is -2.17. The minimum atomic E-state index is 0.715. The molecule has 1 rings (SSSR count). The van der Waals surface area contributed by atoms with Gasteiger partial charge in [0.25, 0.3) is 0 Å². The number of allylic oxidation sites excluding steroid dienone is 1. The van der Waals surface area contributed by atoms with Crippen LogP contribution in [-0.4, -0.2) is 6.54 Å². The van der Waals surface area contributed by atoms with E-state index in [2.05, 4.69) is 19.9 Å². The average Bonchev–Trinajstić information content (AvgIpc) is 1.99. The molecule has 64 valence electrons. The van der Waals surface area contributed by atoms with Crippen molar-refractivity contribution < 1.29 is 0 Å². The number of hydrogen-bond acceptors (Lipinski definition) is 1. The molecule has 1 heteroatoms. The van der Waals surface area contributed by atoms with E-state index in [4.69, 9.17) is 5.73 Å². The van der Waals surface area contributed by atoms with Crippen molar-refractivity contribution in [3.8, 4) is 0 Å². The predicted octanol–water partition coefficient (Wildman–Crippen LogP) is 2.33. The molecule has 0 saturated heterocycles. The van der Waals surface area contributed by atoms with E-state index >= 15 is 0 Å². The minimum absolute atomic E-state index is 0.715. The Morgan fingerprint density at radius 2 is 2.27 bits per heavy atom. The van der Waals surface area contributed by atoms with E-state index in [0.29, 0.717) is 6.54 Å². The standard InChI is InChI=1S/C10H19N/c1-8-4-3-5-10(6-7-11)9(8)2/h6,8-9H,3-5,7,11H2,1-2H3. The molecular formula is C10H19N. The van der Waals surface area contributed by atoms with Crippen LogP contribution in [0.3, 0.4) is 0 Å². The molecule has 0 radical (unpaired) electrons. The Balaban J connectivity index is 2.58. The number of nitrogens with two attached hydrogens (primary N) is 1. The molecule has 2 unspecified atom stereocenters. The average molecular weight is 153 g/mol. The van der Waals surface area contributed by atoms with E-state index in [0.717, 1.165) is 11.8 Å². The Labute approximate surface area is 69.7 Å². The minimum Gasteiger partial charge on any atom is -0.327 e. The monoisotopic (exact) mass is 153 g/mol. The summed E-state index contributed by atoms with van der Waals surface area (Å²) in [4.78, 5) is 0. The molecule has 2 N–H and O–H groups in total. The highest BCUT2D eigenvalue weighted by molar-refractivity contribution is 5.09. The third-order valence-electron chi connectivity index (χ3n) is 2.94. The molecule has 1 aliphatic rings. The fourth-order valence-corrected chi connectivity index (χ4v) is 1.91. The number of rotatable bonds is 1. The van der Waals surface area contributed by atoms with Crippen LogP contribution in [0, 0.1) is 11.8 Å². The molecule has 0 aromatic heterocycles. The largest absolute Gasteiger partial charge is 0.327 e. The summed E-state index contributed by atoms with van der Waals surface area (Å²) in [5.41, 5.74) is 7.08. The highest BCUT2D eigenvalue weighted by atomic mass is 14.5. The summed E-state index contributed by atoms with van der Waals surface area (Å²) in [7, 11) is 0. The second-order valence-electron chi connectivity index (χ2n) is 3.67. The van der Waals surface area contributed by atoms with Crippen molar-refractivity contribution >= 4 is 0 Å². The topological polar surface area (TPSA) is 26.0 Å². The first-order valence-corrected chi connectivity index (χ1v) is 4.64. The van der Waals surface area contributed by atoms with E-state index in [9.17, 15) is 0 Å². The van der Waals surface area contributed by atoms with Crippen LogP contribution < -0.4 is 5.73 Å². The van der Waals surface area contributed by atoms with Gasteiger partial charge in [0, 0.05) is 6.54 Å². The Morgan fingerprint density at radius 3 is 2.91 bits per heavy atom. The van der Waals surface area contributed by atoms with Crippen molar-refractivity contribution in [2.75, 3.05) is 6.54 Å². The van der Waals surface area contributed by atoms with Crippen LogP contribution in [0.1, 0.15) is 33.1 Å². The normalized spacial score (nSPS) is 36.1. The van der Waals surface area contributed by atoms with Gasteiger partial charge in [-0.05, 0) is 31.1 Å². The molecule has 1 fully saturated rings. The molecule has 0 aliphatic heterocycles. The molecule has 0 aromatic rings. The second-order valence-corrected chi connectivity index (χ2v) is 3.67. The Hall–Kier alpha value is -0.300. The molecular weight excluding hydrogens is 134 g/mol. The van der Waals surface area contributed by atoms with E-state index < -0.39 is 0 Å². The van der Waals surface area contributed by atoms with Crippen molar-refractivity contribution in [2.45, 2.75) is 33.1 Å². The van der Waals surface area contributed by atoms with Gasteiger partial charge in [-0.3, -0.25) is 0 Å². The summed E-state index contributed by atoms with van der Waals surface area (Å²) in [6, 6.07) is 0. The van der Waals surface area contributed by atoms with Gasteiger partial charge in [0.05, 0.1) is 0 Å². The molecule has 2 atom stereocenters. The van der Waals surface area contributed by atoms with Gasteiger partial charge in [0.1, 0.15) is 0 Å². The Morgan fingerprint density at radius 1 is 1.55 bits per heavy atom. The van der Waals surface area contributed by atoms with Crippen LogP contribution in [0.2, 0.25) is 0 Å². The van der Waals surface area contributed by atoms with E-state index in [1.807, 2.05) is 0 Å². The third kappa shape index (κ3) is 2.06. The van der Waals surface area contributed by atoms with E-state index in [1.54, 1.807) is 5.57 Å². The second kappa shape index (κ2) is 3.91. The Kier molecular flexibility index (Phi) is 3.13. The maximum absolute atomic E-state index is 5.49. The molecule has 1 saturated carbocycles. The zero-order chi connectivity index (χ0) is 8.27. The van der Waals surface area contributed by atoms with E-state index in [1.165, 1.54) is 19.3 Å². The third-order valence-corrected chi connectivity index (χ3v) is 2.94. The maximum Gasteiger partial charge on any atom is 0.0109 e. The zero-order valence-electron chi connectivity index (χ0n) is 7.64. The first-order valence-electron chi connectivity index (χ1n) is 4.64. The summed E-state index contributed by atoms with van der Waals surface area (Å²) >= 11 is 0. The van der Waals surface area contributed by atoms with Crippen LogP contribution in [0.5, 0.6) is 0 Å². The van der Waals surface area contributed by atoms with Crippen molar-refractivity contribution in [3.63, 3.8) is 0 Å². The lowest BCUT2D eigenvalue weighted by molar-refractivity contribution is 0.349. The van der Waals surface area contributed by atoms with Gasteiger partial charge < -0.3 is 5.73 Å². The van der Waals surface area contributed by atoms with Crippen molar-refractivity contribution in [2.24, 2.45) is 17.6 Å². The first kappa shape index (κ1) is 8.79. The fourth-order valence-electron chi connectivity index (χ4n) is 1.91. The SMILES string of the molecule is CC1CCCC(=CCN)C1C. The van der Waals surface area contributed by atoms with Gasteiger partial charge in [-0.1, -0.05) is 25.5 Å². The summed E-state index contributed by atoms with van der Waals surface area (Å²) in [5.74, 6) is 1.63. The molecule has 0 aromatic carbocycles. The van der Waals surface area contributed by atoms with Gasteiger partial charge in [-0.2, -0.15) is 0 Å².